The first-order chi connectivity index (χ1) is 12.6. The molecule has 0 aromatic heterocycles. The van der Waals surface area contributed by atoms with Crippen molar-refractivity contribution in [3.05, 3.63) is 30.3 Å². The van der Waals surface area contributed by atoms with Gasteiger partial charge in [0.1, 0.15) is 0 Å². The maximum atomic E-state index is 12.3. The molecule has 0 saturated carbocycles. The molecule has 154 valence electrons. The van der Waals surface area contributed by atoms with Gasteiger partial charge in [-0.2, -0.15) is 0 Å². The van der Waals surface area contributed by atoms with Crippen LogP contribution in [-0.2, 0) is 18.6 Å². The molecule has 1 aromatic carbocycles. The Morgan fingerprint density at radius 2 is 1.70 bits per heavy atom. The Balaban J connectivity index is 2.47. The van der Waals surface area contributed by atoms with Gasteiger partial charge < -0.3 is 0 Å². The van der Waals surface area contributed by atoms with Gasteiger partial charge in [-0.25, -0.2) is 0 Å². The molecule has 1 aromatic rings. The van der Waals surface area contributed by atoms with Crippen LogP contribution in [0.15, 0.2) is 35.2 Å². The predicted octanol–water partition coefficient (Wildman–Crippen LogP) is 6.43. The fourth-order valence-corrected chi connectivity index (χ4v) is 5.16. The van der Waals surface area contributed by atoms with E-state index in [1.165, 1.54) is 0 Å². The van der Waals surface area contributed by atoms with Crippen LogP contribution in [-0.4, -0.2) is 17.7 Å². The van der Waals surface area contributed by atoms with Crippen molar-refractivity contribution < 1.29 is 18.6 Å². The Morgan fingerprint density at radius 1 is 1.11 bits per heavy atom. The normalized spacial score (nSPS) is 13.0. The van der Waals surface area contributed by atoms with Crippen LogP contribution < -0.4 is 5.50 Å². The fraction of sp³-hybridized carbons (Fsp3) is 0.556. The molecule has 0 fully saturated rings. The van der Waals surface area contributed by atoms with E-state index >= 15 is 0 Å². The van der Waals surface area contributed by atoms with Crippen LogP contribution in [0.5, 0.6) is 0 Å². The molecule has 0 amide bonds. The average Bonchev–Trinajstić information content (AvgIpc) is 2.58. The third-order valence-corrected chi connectivity index (χ3v) is 6.60. The van der Waals surface area contributed by atoms with Crippen molar-refractivity contribution in [1.82, 2.24) is 0 Å². The first-order valence-electron chi connectivity index (χ1n) is 9.05. The molecule has 0 aliphatic rings. The summed E-state index contributed by atoms with van der Waals surface area (Å²) < 4.78 is 10.1. The molecule has 0 saturated heterocycles. The van der Waals surface area contributed by atoms with E-state index in [-0.39, 0.29) is 12.3 Å². The molecule has 0 heterocycles. The van der Waals surface area contributed by atoms with E-state index < -0.39 is 17.9 Å². The zero-order valence-electron chi connectivity index (χ0n) is 15.7. The minimum absolute atomic E-state index is 0.0826. The molecule has 1 rings (SSSR count). The molecule has 2 N–H and O–H groups in total. The van der Waals surface area contributed by atoms with Crippen molar-refractivity contribution in [2.45, 2.75) is 57.3 Å². The van der Waals surface area contributed by atoms with Gasteiger partial charge in [0.2, 0.25) is 0 Å². The topological polar surface area (TPSA) is 78.6 Å². The molecule has 0 radical (unpaired) electrons. The van der Waals surface area contributed by atoms with Crippen molar-refractivity contribution in [2.75, 3.05) is 5.75 Å². The van der Waals surface area contributed by atoms with Crippen molar-refractivity contribution in [3.8, 4) is 0 Å². The molecule has 0 atom stereocenters. The molecule has 0 aliphatic heterocycles. The van der Waals surface area contributed by atoms with Crippen molar-refractivity contribution in [1.29, 1.82) is 0 Å². The van der Waals surface area contributed by atoms with Gasteiger partial charge in [-0.3, -0.25) is 0 Å². The van der Waals surface area contributed by atoms with Crippen LogP contribution in [0, 0.1) is 5.92 Å². The summed E-state index contributed by atoms with van der Waals surface area (Å²) in [5.74, 6) is -5.74. The summed E-state index contributed by atoms with van der Waals surface area (Å²) in [6, 6.07) is 9.84. The van der Waals surface area contributed by atoms with Crippen LogP contribution in [0.25, 0.3) is 0 Å². The maximum absolute atomic E-state index is 12.3. The van der Waals surface area contributed by atoms with Gasteiger partial charge in [0.05, 0.1) is 0 Å². The molecular weight excluding hydrogens is 428 g/mol. The second-order valence-corrected chi connectivity index (χ2v) is 13.8. The van der Waals surface area contributed by atoms with E-state index in [0.29, 0.717) is 19.3 Å². The molecular formula is C18H28Cl2NO4PS. The molecule has 5 nitrogen and oxygen atoms in total. The molecule has 0 bridgehead atoms. The van der Waals surface area contributed by atoms with Gasteiger partial charge in [0.25, 0.3) is 0 Å². The predicted molar refractivity (Wildman–Crippen MR) is 115 cm³/mol. The van der Waals surface area contributed by atoms with E-state index in [4.69, 9.17) is 37.0 Å². The standard InChI is InChI=1S/C18H28Cl2NO4PS/c1-3-9-15(10-4-2)18(23)25-26(19,20,21)24-17(22)13-8-14-27-16-11-6-5-7-12-16/h5-7,11-12,15H,3-4,8-10,13-14,21H2,1-2H3. The van der Waals surface area contributed by atoms with Crippen LogP contribution in [0.2, 0.25) is 0 Å². The Morgan fingerprint density at radius 3 is 2.26 bits per heavy atom. The fourth-order valence-electron chi connectivity index (χ4n) is 2.47. The molecule has 0 spiro atoms. The second kappa shape index (κ2) is 11.5. The van der Waals surface area contributed by atoms with Crippen molar-refractivity contribution in [2.24, 2.45) is 11.4 Å². The van der Waals surface area contributed by atoms with Gasteiger partial charge in [-0.05, 0) is 0 Å². The third kappa shape index (κ3) is 10.6. The number of halogens is 2. The van der Waals surface area contributed by atoms with Crippen molar-refractivity contribution in [3.63, 3.8) is 0 Å². The van der Waals surface area contributed by atoms with Gasteiger partial charge in [0, 0.05) is 0 Å². The Bertz CT molecular complexity index is 604. The zero-order chi connectivity index (χ0) is 20.4. The number of rotatable bonds is 12. The first kappa shape index (κ1) is 24.5. The number of thioether (sulfide) groups is 1. The average molecular weight is 456 g/mol. The van der Waals surface area contributed by atoms with E-state index in [1.807, 2.05) is 44.2 Å². The van der Waals surface area contributed by atoms with Crippen LogP contribution in [0.3, 0.4) is 0 Å². The summed E-state index contributed by atoms with van der Waals surface area (Å²) in [4.78, 5) is 25.5. The molecule has 0 aliphatic carbocycles. The SMILES string of the molecule is CCCC(CCC)C(=O)OP(N)(Cl)(Cl)OC(=O)CCCSc1ccccc1. The summed E-state index contributed by atoms with van der Waals surface area (Å²) >= 11 is 13.7. The summed E-state index contributed by atoms with van der Waals surface area (Å²) in [6.07, 6.45) is 3.53. The number of hydrogen-bond donors (Lipinski definition) is 1. The molecule has 0 unspecified atom stereocenters. The van der Waals surface area contributed by atoms with Crippen LogP contribution in [0.4, 0.5) is 0 Å². The van der Waals surface area contributed by atoms with E-state index in [2.05, 4.69) is 0 Å². The monoisotopic (exact) mass is 455 g/mol. The van der Waals surface area contributed by atoms with Crippen molar-refractivity contribution >= 4 is 52.1 Å². The van der Waals surface area contributed by atoms with Gasteiger partial charge >= 0.3 is 176 Å². The van der Waals surface area contributed by atoms with E-state index in [0.717, 1.165) is 23.5 Å². The van der Waals surface area contributed by atoms with Crippen LogP contribution >= 0.6 is 40.2 Å². The summed E-state index contributed by atoms with van der Waals surface area (Å²) in [6.45, 7) is 3.93. The van der Waals surface area contributed by atoms with Gasteiger partial charge in [-0.15, -0.1) is 0 Å². The number of benzene rings is 1. The Kier molecular flexibility index (Phi) is 10.4. The second-order valence-electron chi connectivity index (χ2n) is 6.23. The number of nitrogens with two attached hydrogens (primary N) is 1. The summed E-state index contributed by atoms with van der Waals surface area (Å²) in [5, 5.41) is 0. The van der Waals surface area contributed by atoms with Gasteiger partial charge in [0.15, 0.2) is 0 Å². The minimum atomic E-state index is -4.81. The molecule has 27 heavy (non-hydrogen) atoms. The summed E-state index contributed by atoms with van der Waals surface area (Å²) in [7, 11) is 0. The molecule has 9 heteroatoms. The number of carbonyl (C=O) groups is 2. The van der Waals surface area contributed by atoms with Gasteiger partial charge in [-0.1, -0.05) is 0 Å². The summed E-state index contributed by atoms with van der Waals surface area (Å²) in [5.41, 5.74) is 5.76. The number of hydrogen-bond acceptors (Lipinski definition) is 6. The Hall–Kier alpha value is -0.520. The Labute approximate surface area is 175 Å². The van der Waals surface area contributed by atoms with E-state index in [1.54, 1.807) is 11.8 Å². The quantitative estimate of drug-likeness (QED) is 0.222. The third-order valence-electron chi connectivity index (χ3n) is 3.65. The zero-order valence-corrected chi connectivity index (χ0v) is 19.0. The van der Waals surface area contributed by atoms with Crippen LogP contribution in [0.1, 0.15) is 52.4 Å². The van der Waals surface area contributed by atoms with E-state index in [9.17, 15) is 9.59 Å². The number of carbonyl (C=O) groups excluding carboxylic acids is 2. The first-order valence-corrected chi connectivity index (χ1v) is 14.0.